The fourth-order valence-electron chi connectivity index (χ4n) is 0.936. The first-order chi connectivity index (χ1) is 7.57. The Labute approximate surface area is 96.3 Å². The van der Waals surface area contributed by atoms with Crippen molar-refractivity contribution in [1.29, 1.82) is 0 Å². The van der Waals surface area contributed by atoms with Crippen LogP contribution in [-0.4, -0.2) is 64.2 Å². The Balaban J connectivity index is 3.37. The molecule has 0 aliphatic heterocycles. The van der Waals surface area contributed by atoms with E-state index in [1.54, 1.807) is 21.2 Å². The second kappa shape index (κ2) is 9.11. The average molecular weight is 231 g/mol. The van der Waals surface area contributed by atoms with Gasteiger partial charge in [-0.05, 0) is 0 Å². The average Bonchev–Trinajstić information content (AvgIpc) is 2.24. The largest absolute Gasteiger partial charge is 0.383 e. The monoisotopic (exact) mass is 231 g/mol. The fraction of sp³-hybridized carbons (Fsp3) is 0.800. The van der Waals surface area contributed by atoms with E-state index in [9.17, 15) is 9.59 Å². The van der Waals surface area contributed by atoms with Crippen LogP contribution in [0.1, 0.15) is 6.42 Å². The summed E-state index contributed by atoms with van der Waals surface area (Å²) in [5, 5.41) is 5.60. The van der Waals surface area contributed by atoms with Gasteiger partial charge in [0, 0.05) is 40.7 Å². The van der Waals surface area contributed by atoms with Crippen molar-refractivity contribution in [3.8, 4) is 0 Å². The molecule has 0 rings (SSSR count). The molecule has 0 heterocycles. The van der Waals surface area contributed by atoms with Crippen LogP contribution in [0.3, 0.4) is 0 Å². The van der Waals surface area contributed by atoms with Gasteiger partial charge in [-0.2, -0.15) is 0 Å². The summed E-state index contributed by atoms with van der Waals surface area (Å²) in [6.07, 6.45) is 0.365. The number of hydrogen-bond acceptors (Lipinski definition) is 4. The van der Waals surface area contributed by atoms with Gasteiger partial charge in [-0.1, -0.05) is 0 Å². The van der Waals surface area contributed by atoms with Crippen LogP contribution in [0.15, 0.2) is 0 Å². The lowest BCUT2D eigenvalue weighted by Crippen LogP contribution is -2.35. The Morgan fingerprint density at radius 3 is 2.50 bits per heavy atom. The summed E-state index contributed by atoms with van der Waals surface area (Å²) in [4.78, 5) is 23.8. The lowest BCUT2D eigenvalue weighted by atomic mass is 10.4. The van der Waals surface area contributed by atoms with Gasteiger partial charge in [0.05, 0.1) is 13.2 Å². The van der Waals surface area contributed by atoms with E-state index in [1.165, 1.54) is 4.90 Å². The molecule has 0 aliphatic carbocycles. The zero-order chi connectivity index (χ0) is 12.4. The Morgan fingerprint density at radius 2 is 1.94 bits per heavy atom. The van der Waals surface area contributed by atoms with E-state index in [0.717, 1.165) is 0 Å². The number of rotatable bonds is 8. The summed E-state index contributed by atoms with van der Waals surface area (Å²) in [5.74, 6) is -0.0401. The number of ether oxygens (including phenoxy) is 1. The quantitative estimate of drug-likeness (QED) is 0.516. The molecule has 0 aromatic carbocycles. The maximum atomic E-state index is 11.2. The first-order valence-corrected chi connectivity index (χ1v) is 5.24. The topological polar surface area (TPSA) is 70.7 Å². The van der Waals surface area contributed by atoms with E-state index in [4.69, 9.17) is 4.74 Å². The molecule has 0 saturated carbocycles. The normalized spacial score (nSPS) is 9.94. The van der Waals surface area contributed by atoms with Crippen molar-refractivity contribution in [2.75, 3.05) is 47.4 Å². The number of hydrogen-bond donors (Lipinski definition) is 2. The van der Waals surface area contributed by atoms with Crippen LogP contribution in [-0.2, 0) is 14.3 Å². The van der Waals surface area contributed by atoms with Crippen molar-refractivity contribution in [3.63, 3.8) is 0 Å². The molecule has 94 valence electrons. The molecule has 0 unspecified atom stereocenters. The molecule has 0 bridgehead atoms. The Bertz CT molecular complexity index is 219. The third-order valence-electron chi connectivity index (χ3n) is 1.93. The summed E-state index contributed by atoms with van der Waals surface area (Å²) in [6, 6.07) is 0. The molecule has 0 fully saturated rings. The Hall–Kier alpha value is -1.14. The minimum Gasteiger partial charge on any atom is -0.383 e. The van der Waals surface area contributed by atoms with E-state index in [-0.39, 0.29) is 18.4 Å². The van der Waals surface area contributed by atoms with Crippen molar-refractivity contribution in [2.24, 2.45) is 0 Å². The number of methoxy groups -OCH3 is 1. The lowest BCUT2D eigenvalue weighted by molar-refractivity contribution is -0.128. The summed E-state index contributed by atoms with van der Waals surface area (Å²) in [6.45, 7) is 1.79. The minimum atomic E-state index is -0.0400. The van der Waals surface area contributed by atoms with E-state index < -0.39 is 0 Å². The van der Waals surface area contributed by atoms with Gasteiger partial charge in [0.25, 0.3) is 0 Å². The molecular formula is C10H21N3O3. The molecule has 0 aromatic rings. The molecule has 0 radical (unpaired) electrons. The van der Waals surface area contributed by atoms with E-state index in [1.807, 2.05) is 0 Å². The third kappa shape index (κ3) is 8.19. The Kier molecular flexibility index (Phi) is 8.46. The molecule has 0 aromatic heterocycles. The van der Waals surface area contributed by atoms with Gasteiger partial charge < -0.3 is 20.3 Å². The maximum absolute atomic E-state index is 11.2. The van der Waals surface area contributed by atoms with Gasteiger partial charge >= 0.3 is 0 Å². The molecular weight excluding hydrogens is 210 g/mol. The van der Waals surface area contributed by atoms with Crippen LogP contribution in [0.25, 0.3) is 0 Å². The number of carbonyl (C=O) groups is 2. The highest BCUT2D eigenvalue weighted by Crippen LogP contribution is 1.79. The number of carbonyl (C=O) groups excluding carboxylic acids is 2. The molecule has 2 amide bonds. The second-order valence-corrected chi connectivity index (χ2v) is 3.56. The smallest absolute Gasteiger partial charge is 0.236 e. The van der Waals surface area contributed by atoms with E-state index >= 15 is 0 Å². The van der Waals surface area contributed by atoms with Gasteiger partial charge in [-0.3, -0.25) is 9.59 Å². The van der Waals surface area contributed by atoms with Crippen molar-refractivity contribution in [3.05, 3.63) is 0 Å². The SMILES string of the molecule is COCCNC(=O)CCNCC(=O)N(C)C. The minimum absolute atomic E-state index is 0.000193. The first-order valence-electron chi connectivity index (χ1n) is 5.24. The van der Waals surface area contributed by atoms with Crippen LogP contribution >= 0.6 is 0 Å². The number of nitrogens with zero attached hydrogens (tertiary/aromatic N) is 1. The molecule has 0 saturated heterocycles. The molecule has 6 nitrogen and oxygen atoms in total. The van der Waals surface area contributed by atoms with Crippen LogP contribution in [0.4, 0.5) is 0 Å². The van der Waals surface area contributed by atoms with Crippen molar-refractivity contribution in [1.82, 2.24) is 15.5 Å². The fourth-order valence-corrected chi connectivity index (χ4v) is 0.936. The zero-order valence-electron chi connectivity index (χ0n) is 10.2. The summed E-state index contributed by atoms with van der Waals surface area (Å²) in [5.41, 5.74) is 0. The first kappa shape index (κ1) is 14.9. The third-order valence-corrected chi connectivity index (χ3v) is 1.93. The number of likely N-dealkylation sites (N-methyl/N-ethyl adjacent to an activating group) is 1. The van der Waals surface area contributed by atoms with Crippen molar-refractivity contribution in [2.45, 2.75) is 6.42 Å². The highest BCUT2D eigenvalue weighted by molar-refractivity contribution is 5.78. The molecule has 0 aliphatic rings. The van der Waals surface area contributed by atoms with Crippen molar-refractivity contribution < 1.29 is 14.3 Å². The van der Waals surface area contributed by atoms with Gasteiger partial charge in [-0.25, -0.2) is 0 Å². The van der Waals surface area contributed by atoms with Crippen LogP contribution < -0.4 is 10.6 Å². The van der Waals surface area contributed by atoms with Crippen LogP contribution in [0.5, 0.6) is 0 Å². The maximum Gasteiger partial charge on any atom is 0.236 e. The lowest BCUT2D eigenvalue weighted by Gasteiger charge is -2.10. The summed E-state index contributed by atoms with van der Waals surface area (Å²) in [7, 11) is 4.98. The molecule has 16 heavy (non-hydrogen) atoms. The molecule has 0 atom stereocenters. The predicted octanol–water partition coefficient (Wildman–Crippen LogP) is -1.18. The highest BCUT2D eigenvalue weighted by Gasteiger charge is 2.03. The van der Waals surface area contributed by atoms with Crippen LogP contribution in [0, 0.1) is 0 Å². The van der Waals surface area contributed by atoms with Gasteiger partial charge in [0.1, 0.15) is 0 Å². The van der Waals surface area contributed by atoms with Crippen LogP contribution in [0.2, 0.25) is 0 Å². The summed E-state index contributed by atoms with van der Waals surface area (Å²) >= 11 is 0. The van der Waals surface area contributed by atoms with E-state index in [2.05, 4.69) is 10.6 Å². The summed E-state index contributed by atoms with van der Waals surface area (Å²) < 4.78 is 4.80. The highest BCUT2D eigenvalue weighted by atomic mass is 16.5. The molecule has 2 N–H and O–H groups in total. The van der Waals surface area contributed by atoms with Gasteiger partial charge in [0.15, 0.2) is 0 Å². The number of amides is 2. The molecule has 0 spiro atoms. The second-order valence-electron chi connectivity index (χ2n) is 3.56. The predicted molar refractivity (Wildman–Crippen MR) is 61.1 cm³/mol. The van der Waals surface area contributed by atoms with E-state index in [0.29, 0.717) is 26.1 Å². The van der Waals surface area contributed by atoms with Crippen molar-refractivity contribution >= 4 is 11.8 Å². The number of nitrogens with one attached hydrogen (secondary N) is 2. The molecule has 6 heteroatoms. The Morgan fingerprint density at radius 1 is 1.25 bits per heavy atom. The van der Waals surface area contributed by atoms with Gasteiger partial charge in [0.2, 0.25) is 11.8 Å². The zero-order valence-corrected chi connectivity index (χ0v) is 10.2. The van der Waals surface area contributed by atoms with Gasteiger partial charge in [-0.15, -0.1) is 0 Å². The standard InChI is InChI=1S/C10H21N3O3/c1-13(2)10(15)8-11-5-4-9(14)12-6-7-16-3/h11H,4-8H2,1-3H3,(H,12,14).